The highest BCUT2D eigenvalue weighted by molar-refractivity contribution is 6.12. The highest BCUT2D eigenvalue weighted by Gasteiger charge is 2.15. The van der Waals surface area contributed by atoms with Crippen LogP contribution in [0.15, 0.2) is 72.8 Å². The lowest BCUT2D eigenvalue weighted by atomic mass is 10.1. The fourth-order valence-corrected chi connectivity index (χ4v) is 2.88. The van der Waals surface area contributed by atoms with Crippen LogP contribution in [-0.4, -0.2) is 24.8 Å². The number of nitrogens with one attached hydrogen (secondary N) is 3. The summed E-state index contributed by atoms with van der Waals surface area (Å²) in [5.74, 6) is -0.381. The Kier molecular flexibility index (Phi) is 7.23. The molecule has 0 aliphatic carbocycles. The molecule has 0 aromatic heterocycles. The van der Waals surface area contributed by atoms with Gasteiger partial charge in [0.2, 0.25) is 5.91 Å². The number of hydrogen-bond acceptors (Lipinski definition) is 4. The molecule has 0 bridgehead atoms. The Hall–Kier alpha value is -4.13. The SMILES string of the molecule is COc1ccc(NC(=O)c2ccccc2NC(=O)c2cccc(NC(=O)C(C)C)c2)cc1. The predicted molar refractivity (Wildman–Crippen MR) is 125 cm³/mol. The van der Waals surface area contributed by atoms with Crippen LogP contribution in [0.25, 0.3) is 0 Å². The largest absolute Gasteiger partial charge is 0.497 e. The second-order valence-electron chi connectivity index (χ2n) is 7.41. The second-order valence-corrected chi connectivity index (χ2v) is 7.41. The van der Waals surface area contributed by atoms with E-state index >= 15 is 0 Å². The van der Waals surface area contributed by atoms with Gasteiger partial charge in [-0.15, -0.1) is 0 Å². The summed E-state index contributed by atoms with van der Waals surface area (Å²) in [6, 6.07) is 20.3. The van der Waals surface area contributed by atoms with Crippen molar-refractivity contribution in [2.45, 2.75) is 13.8 Å². The van der Waals surface area contributed by atoms with Crippen LogP contribution < -0.4 is 20.7 Å². The number of amides is 3. The minimum absolute atomic E-state index is 0.136. The maximum absolute atomic E-state index is 12.8. The summed E-state index contributed by atoms with van der Waals surface area (Å²) in [6.07, 6.45) is 0. The van der Waals surface area contributed by atoms with Gasteiger partial charge in [-0.05, 0) is 54.6 Å². The first-order valence-electron chi connectivity index (χ1n) is 10.1. The molecule has 164 valence electrons. The number of benzene rings is 3. The molecular weight excluding hydrogens is 406 g/mol. The van der Waals surface area contributed by atoms with E-state index in [4.69, 9.17) is 4.74 Å². The van der Waals surface area contributed by atoms with Crippen molar-refractivity contribution in [1.29, 1.82) is 0 Å². The molecule has 0 aliphatic heterocycles. The minimum atomic E-state index is -0.393. The van der Waals surface area contributed by atoms with Gasteiger partial charge < -0.3 is 20.7 Å². The molecule has 3 aromatic carbocycles. The van der Waals surface area contributed by atoms with E-state index in [1.165, 1.54) is 0 Å². The number of carbonyl (C=O) groups is 3. The monoisotopic (exact) mass is 431 g/mol. The molecule has 3 N–H and O–H groups in total. The number of ether oxygens (including phenoxy) is 1. The number of carbonyl (C=O) groups excluding carboxylic acids is 3. The van der Waals surface area contributed by atoms with Crippen LogP contribution in [0.2, 0.25) is 0 Å². The van der Waals surface area contributed by atoms with E-state index in [1.54, 1.807) is 93.8 Å². The molecule has 0 atom stereocenters. The molecule has 0 saturated carbocycles. The van der Waals surface area contributed by atoms with Crippen molar-refractivity contribution < 1.29 is 19.1 Å². The molecule has 0 heterocycles. The maximum Gasteiger partial charge on any atom is 0.257 e. The molecule has 3 rings (SSSR count). The Labute approximate surface area is 186 Å². The smallest absolute Gasteiger partial charge is 0.257 e. The van der Waals surface area contributed by atoms with Crippen molar-refractivity contribution in [1.82, 2.24) is 0 Å². The summed E-state index contributed by atoms with van der Waals surface area (Å²) >= 11 is 0. The predicted octanol–water partition coefficient (Wildman–Crippen LogP) is 4.79. The first-order chi connectivity index (χ1) is 15.4. The zero-order valence-corrected chi connectivity index (χ0v) is 18.1. The molecule has 3 aromatic rings. The summed E-state index contributed by atoms with van der Waals surface area (Å²) in [4.78, 5) is 37.6. The molecule has 0 unspecified atom stereocenters. The summed E-state index contributed by atoms with van der Waals surface area (Å²) in [5, 5.41) is 8.37. The van der Waals surface area contributed by atoms with Crippen LogP contribution in [0.1, 0.15) is 34.6 Å². The minimum Gasteiger partial charge on any atom is -0.497 e. The van der Waals surface area contributed by atoms with Gasteiger partial charge in [0.05, 0.1) is 18.4 Å². The molecular formula is C25H25N3O4. The van der Waals surface area contributed by atoms with Gasteiger partial charge in [0.15, 0.2) is 0 Å². The summed E-state index contributed by atoms with van der Waals surface area (Å²) in [6.45, 7) is 3.58. The van der Waals surface area contributed by atoms with E-state index in [9.17, 15) is 14.4 Å². The highest BCUT2D eigenvalue weighted by Crippen LogP contribution is 2.21. The van der Waals surface area contributed by atoms with Crippen molar-refractivity contribution in [2.75, 3.05) is 23.1 Å². The van der Waals surface area contributed by atoms with Crippen LogP contribution >= 0.6 is 0 Å². The number of para-hydroxylation sites is 1. The quantitative estimate of drug-likeness (QED) is 0.501. The standard InChI is InChI=1S/C25H25N3O4/c1-16(2)23(29)27-19-8-6-7-17(15-19)24(30)28-22-10-5-4-9-21(22)25(31)26-18-11-13-20(32-3)14-12-18/h4-16H,1-3H3,(H,26,31)(H,27,29)(H,28,30). The number of methoxy groups -OCH3 is 1. The molecule has 0 aliphatic rings. The lowest BCUT2D eigenvalue weighted by Gasteiger charge is -2.13. The van der Waals surface area contributed by atoms with Gasteiger partial charge >= 0.3 is 0 Å². The van der Waals surface area contributed by atoms with E-state index in [-0.39, 0.29) is 17.7 Å². The fourth-order valence-electron chi connectivity index (χ4n) is 2.88. The van der Waals surface area contributed by atoms with Gasteiger partial charge in [-0.1, -0.05) is 32.0 Å². The Morgan fingerprint density at radius 1 is 0.750 bits per heavy atom. The maximum atomic E-state index is 12.8. The Balaban J connectivity index is 1.75. The van der Waals surface area contributed by atoms with Crippen LogP contribution in [0.4, 0.5) is 17.1 Å². The zero-order chi connectivity index (χ0) is 23.1. The first kappa shape index (κ1) is 22.6. The van der Waals surface area contributed by atoms with Crippen LogP contribution in [0, 0.1) is 5.92 Å². The van der Waals surface area contributed by atoms with E-state index < -0.39 is 5.91 Å². The van der Waals surface area contributed by atoms with Gasteiger partial charge in [-0.3, -0.25) is 14.4 Å². The van der Waals surface area contributed by atoms with Crippen LogP contribution in [0.3, 0.4) is 0 Å². The van der Waals surface area contributed by atoms with Crippen molar-refractivity contribution in [3.05, 3.63) is 83.9 Å². The molecule has 7 nitrogen and oxygen atoms in total. The van der Waals surface area contributed by atoms with Gasteiger partial charge in [0, 0.05) is 22.9 Å². The van der Waals surface area contributed by atoms with E-state index in [0.29, 0.717) is 33.9 Å². The third-order valence-electron chi connectivity index (χ3n) is 4.68. The Bertz CT molecular complexity index is 1120. The van der Waals surface area contributed by atoms with E-state index in [0.717, 1.165) is 0 Å². The fraction of sp³-hybridized carbons (Fsp3) is 0.160. The van der Waals surface area contributed by atoms with Crippen molar-refractivity contribution in [3.63, 3.8) is 0 Å². The lowest BCUT2D eigenvalue weighted by Crippen LogP contribution is -2.19. The first-order valence-corrected chi connectivity index (χ1v) is 10.1. The summed E-state index contributed by atoms with van der Waals surface area (Å²) in [5.41, 5.74) is 2.19. The van der Waals surface area contributed by atoms with Crippen molar-refractivity contribution >= 4 is 34.8 Å². The average molecular weight is 431 g/mol. The molecule has 32 heavy (non-hydrogen) atoms. The molecule has 0 spiro atoms. The number of anilines is 3. The van der Waals surface area contributed by atoms with Gasteiger partial charge in [0.1, 0.15) is 5.75 Å². The molecule has 3 amide bonds. The molecule has 7 heteroatoms. The third-order valence-corrected chi connectivity index (χ3v) is 4.68. The van der Waals surface area contributed by atoms with E-state index in [2.05, 4.69) is 16.0 Å². The van der Waals surface area contributed by atoms with E-state index in [1.807, 2.05) is 0 Å². The normalized spacial score (nSPS) is 10.4. The lowest BCUT2D eigenvalue weighted by molar-refractivity contribution is -0.118. The van der Waals surface area contributed by atoms with Gasteiger partial charge in [-0.2, -0.15) is 0 Å². The van der Waals surface area contributed by atoms with Crippen molar-refractivity contribution in [3.8, 4) is 5.75 Å². The Morgan fingerprint density at radius 3 is 2.16 bits per heavy atom. The van der Waals surface area contributed by atoms with Gasteiger partial charge in [0.25, 0.3) is 11.8 Å². The topological polar surface area (TPSA) is 96.5 Å². The van der Waals surface area contributed by atoms with Gasteiger partial charge in [-0.25, -0.2) is 0 Å². The number of rotatable bonds is 7. The Morgan fingerprint density at radius 2 is 1.47 bits per heavy atom. The van der Waals surface area contributed by atoms with Crippen LogP contribution in [-0.2, 0) is 4.79 Å². The number of hydrogen-bond donors (Lipinski definition) is 3. The van der Waals surface area contributed by atoms with Crippen molar-refractivity contribution in [2.24, 2.45) is 5.92 Å². The second kappa shape index (κ2) is 10.3. The third kappa shape index (κ3) is 5.72. The molecule has 0 saturated heterocycles. The highest BCUT2D eigenvalue weighted by atomic mass is 16.5. The molecule has 0 fully saturated rings. The van der Waals surface area contributed by atoms with Crippen LogP contribution in [0.5, 0.6) is 5.75 Å². The molecule has 0 radical (unpaired) electrons. The summed E-state index contributed by atoms with van der Waals surface area (Å²) < 4.78 is 5.12. The zero-order valence-electron chi connectivity index (χ0n) is 18.1. The summed E-state index contributed by atoms with van der Waals surface area (Å²) in [7, 11) is 1.57. The average Bonchev–Trinajstić information content (AvgIpc) is 2.80.